The van der Waals surface area contributed by atoms with E-state index in [1.54, 1.807) is 13.8 Å². The van der Waals surface area contributed by atoms with Gasteiger partial charge in [0.1, 0.15) is 12.2 Å². The molecule has 0 aliphatic heterocycles. The summed E-state index contributed by atoms with van der Waals surface area (Å²) in [5.74, 6) is -2.53. The summed E-state index contributed by atoms with van der Waals surface area (Å²) in [4.78, 5) is 51.9. The predicted octanol–water partition coefficient (Wildman–Crippen LogP) is 2.19. The number of hydrogen-bond acceptors (Lipinski definition) is 8. The number of sulfonamides is 1. The van der Waals surface area contributed by atoms with Crippen LogP contribution in [0.5, 0.6) is 0 Å². The first-order chi connectivity index (χ1) is 17.5. The van der Waals surface area contributed by atoms with Crippen LogP contribution < -0.4 is 15.4 Å². The normalized spacial score (nSPS) is 11.0. The van der Waals surface area contributed by atoms with E-state index in [4.69, 9.17) is 4.74 Å². The molecule has 1 aromatic heterocycles. The quantitative estimate of drug-likeness (QED) is 0.261. The van der Waals surface area contributed by atoms with Crippen LogP contribution in [0, 0.1) is 0 Å². The summed E-state index contributed by atoms with van der Waals surface area (Å²) in [5, 5.41) is 5.13. The summed E-state index contributed by atoms with van der Waals surface area (Å²) in [7, 11) is -4.22. The Bertz CT molecular complexity index is 1190. The van der Waals surface area contributed by atoms with Gasteiger partial charge in [0.15, 0.2) is 0 Å². The van der Waals surface area contributed by atoms with Crippen molar-refractivity contribution >= 4 is 33.7 Å². The third-order valence-corrected chi connectivity index (χ3v) is 6.34. The Morgan fingerprint density at radius 2 is 1.54 bits per heavy atom. The van der Waals surface area contributed by atoms with Gasteiger partial charge in [-0.15, -0.1) is 0 Å². The van der Waals surface area contributed by atoms with Crippen LogP contribution >= 0.6 is 0 Å². The second-order valence-corrected chi connectivity index (χ2v) is 10.1. The average molecular weight is 533 g/mol. The van der Waals surface area contributed by atoms with Gasteiger partial charge >= 0.3 is 5.97 Å². The minimum Gasteiger partial charge on any atom is -0.462 e. The number of amides is 3. The first-order valence-corrected chi connectivity index (χ1v) is 13.4. The van der Waals surface area contributed by atoms with Gasteiger partial charge in [-0.25, -0.2) is 13.1 Å². The second kappa shape index (κ2) is 14.1. The molecule has 2 aromatic rings. The van der Waals surface area contributed by atoms with E-state index in [0.717, 1.165) is 31.9 Å². The van der Waals surface area contributed by atoms with Crippen LogP contribution in [0.25, 0.3) is 0 Å². The lowest BCUT2D eigenvalue weighted by Crippen LogP contribution is -2.32. The van der Waals surface area contributed by atoms with E-state index in [-0.39, 0.29) is 34.7 Å². The van der Waals surface area contributed by atoms with Crippen LogP contribution in [0.2, 0.25) is 0 Å². The highest BCUT2D eigenvalue weighted by Gasteiger charge is 2.20. The smallest absolute Gasteiger partial charge is 0.325 e. The Hall–Kier alpha value is -3.80. The molecule has 1 heterocycles. The molecule has 0 fully saturated rings. The summed E-state index contributed by atoms with van der Waals surface area (Å²) in [6.07, 6.45) is 4.80. The molecule has 0 aliphatic carbocycles. The fourth-order valence-corrected chi connectivity index (χ4v) is 4.07. The number of hydrogen-bond donors (Lipinski definition) is 3. The van der Waals surface area contributed by atoms with Gasteiger partial charge in [0.25, 0.3) is 27.7 Å². The van der Waals surface area contributed by atoms with Gasteiger partial charge < -0.3 is 15.4 Å². The van der Waals surface area contributed by atoms with Crippen LogP contribution in [0.15, 0.2) is 47.5 Å². The Kier molecular flexibility index (Phi) is 11.2. The van der Waals surface area contributed by atoms with Gasteiger partial charge in [0, 0.05) is 18.3 Å². The monoisotopic (exact) mass is 532 g/mol. The summed E-state index contributed by atoms with van der Waals surface area (Å²) < 4.78 is 32.1. The van der Waals surface area contributed by atoms with Crippen molar-refractivity contribution in [3.63, 3.8) is 0 Å². The zero-order valence-electron chi connectivity index (χ0n) is 21.1. The van der Waals surface area contributed by atoms with Crippen molar-refractivity contribution in [3.8, 4) is 0 Å². The number of unbranched alkanes of at least 4 members (excludes halogenated alkanes) is 3. The summed E-state index contributed by atoms with van der Waals surface area (Å²) >= 11 is 0. The molecule has 0 radical (unpaired) electrons. The van der Waals surface area contributed by atoms with Crippen molar-refractivity contribution in [2.45, 2.75) is 57.5 Å². The molecule has 3 amide bonds. The van der Waals surface area contributed by atoms with Crippen molar-refractivity contribution in [1.82, 2.24) is 20.3 Å². The van der Waals surface area contributed by atoms with E-state index in [2.05, 4.69) is 22.5 Å². The molecule has 0 bridgehead atoms. The fourth-order valence-electron chi connectivity index (χ4n) is 3.09. The van der Waals surface area contributed by atoms with Crippen LogP contribution in [-0.2, 0) is 19.6 Å². The Morgan fingerprint density at radius 3 is 2.14 bits per heavy atom. The fraction of sp³-hybridized carbons (Fsp3) is 0.400. The lowest BCUT2D eigenvalue weighted by molar-refractivity contribution is -0.146. The molecule has 11 nitrogen and oxygen atoms in total. The molecule has 0 atom stereocenters. The van der Waals surface area contributed by atoms with Crippen LogP contribution in [0.1, 0.15) is 77.7 Å². The minimum atomic E-state index is -4.22. The maximum atomic E-state index is 12.6. The predicted molar refractivity (Wildman–Crippen MR) is 135 cm³/mol. The molecule has 1 aromatic carbocycles. The molecule has 0 aliphatic rings. The number of carbonyl (C=O) groups excluding carboxylic acids is 4. The number of aromatic nitrogens is 1. The molecule has 0 unspecified atom stereocenters. The Balaban J connectivity index is 1.93. The van der Waals surface area contributed by atoms with Gasteiger partial charge in [0.2, 0.25) is 0 Å². The van der Waals surface area contributed by atoms with Crippen molar-refractivity contribution in [2.24, 2.45) is 0 Å². The molecular formula is C25H32N4O7S. The van der Waals surface area contributed by atoms with Crippen LogP contribution in [0.4, 0.5) is 0 Å². The number of ether oxygens (including phenoxy) is 1. The topological polar surface area (TPSA) is 161 Å². The molecule has 3 N–H and O–H groups in total. The molecule has 0 saturated carbocycles. The summed E-state index contributed by atoms with van der Waals surface area (Å²) in [5.41, 5.74) is 0.130. The number of nitrogens with zero attached hydrogens (tertiary/aromatic N) is 1. The van der Waals surface area contributed by atoms with Gasteiger partial charge in [0.05, 0.1) is 16.6 Å². The van der Waals surface area contributed by atoms with E-state index in [1.165, 1.54) is 36.4 Å². The largest absolute Gasteiger partial charge is 0.462 e. The zero-order chi connectivity index (χ0) is 27.4. The van der Waals surface area contributed by atoms with Crippen molar-refractivity contribution in [1.29, 1.82) is 0 Å². The van der Waals surface area contributed by atoms with Gasteiger partial charge in [-0.3, -0.25) is 24.2 Å². The van der Waals surface area contributed by atoms with Crippen LogP contribution in [0.3, 0.4) is 0 Å². The molecular weight excluding hydrogens is 500 g/mol. The molecule has 12 heteroatoms. The number of rotatable bonds is 13. The van der Waals surface area contributed by atoms with E-state index in [0.29, 0.717) is 12.1 Å². The maximum Gasteiger partial charge on any atom is 0.325 e. The molecule has 0 saturated heterocycles. The minimum absolute atomic E-state index is 0.0732. The first kappa shape index (κ1) is 29.4. The molecule has 37 heavy (non-hydrogen) atoms. The number of pyridine rings is 1. The highest BCUT2D eigenvalue weighted by atomic mass is 32.2. The molecule has 2 rings (SSSR count). The SMILES string of the molecule is CCCCCCNC(=O)c1ccc(S(=O)(=O)NC(=O)c2ccc(C(=O)NCC(=O)OC(C)C)nc2)cc1. The van der Waals surface area contributed by atoms with E-state index in [1.807, 2.05) is 4.72 Å². The highest BCUT2D eigenvalue weighted by Crippen LogP contribution is 2.12. The number of nitrogens with one attached hydrogen (secondary N) is 3. The highest BCUT2D eigenvalue weighted by molar-refractivity contribution is 7.90. The van der Waals surface area contributed by atoms with E-state index < -0.39 is 27.8 Å². The first-order valence-electron chi connectivity index (χ1n) is 11.9. The second-order valence-electron chi connectivity index (χ2n) is 8.43. The number of carbonyl (C=O) groups is 4. The van der Waals surface area contributed by atoms with Crippen molar-refractivity contribution in [3.05, 3.63) is 59.4 Å². The zero-order valence-corrected chi connectivity index (χ0v) is 21.9. The Morgan fingerprint density at radius 1 is 0.865 bits per heavy atom. The lowest BCUT2D eigenvalue weighted by atomic mass is 10.2. The third kappa shape index (κ3) is 9.64. The standard InChI is InChI=1S/C25H32N4O7S/c1-4-5-6-7-14-26-23(31)18-8-11-20(12-9-18)37(34,35)29-24(32)19-10-13-21(27-15-19)25(33)28-16-22(30)36-17(2)3/h8-13,15,17H,4-7,14,16H2,1-3H3,(H,26,31)(H,28,33)(H,29,32). The average Bonchev–Trinajstić information content (AvgIpc) is 2.86. The third-order valence-electron chi connectivity index (χ3n) is 4.99. The van der Waals surface area contributed by atoms with Gasteiger partial charge in [-0.05, 0) is 56.7 Å². The number of esters is 1. The van der Waals surface area contributed by atoms with E-state index >= 15 is 0 Å². The number of benzene rings is 1. The maximum absolute atomic E-state index is 12.6. The lowest BCUT2D eigenvalue weighted by Gasteiger charge is -2.09. The van der Waals surface area contributed by atoms with Gasteiger partial charge in [-0.2, -0.15) is 0 Å². The Labute approximate surface area is 216 Å². The van der Waals surface area contributed by atoms with E-state index in [9.17, 15) is 27.6 Å². The van der Waals surface area contributed by atoms with Crippen molar-refractivity contribution < 1.29 is 32.3 Å². The molecule has 0 spiro atoms. The van der Waals surface area contributed by atoms with Crippen molar-refractivity contribution in [2.75, 3.05) is 13.1 Å². The summed E-state index contributed by atoms with van der Waals surface area (Å²) in [6, 6.07) is 7.65. The molecule has 200 valence electrons. The van der Waals surface area contributed by atoms with Gasteiger partial charge in [-0.1, -0.05) is 26.2 Å². The summed E-state index contributed by atoms with van der Waals surface area (Å²) in [6.45, 7) is 5.64. The van der Waals surface area contributed by atoms with Crippen LogP contribution in [-0.4, -0.2) is 56.3 Å².